The summed E-state index contributed by atoms with van der Waals surface area (Å²) >= 11 is 4.77. The summed E-state index contributed by atoms with van der Waals surface area (Å²) in [6.07, 6.45) is 0. The van der Waals surface area contributed by atoms with Gasteiger partial charge in [-0.2, -0.15) is 0 Å². The van der Waals surface area contributed by atoms with E-state index in [2.05, 4.69) is 47.6 Å². The second kappa shape index (κ2) is 4.20. The first kappa shape index (κ1) is 11.4. The fourth-order valence-electron chi connectivity index (χ4n) is 0.951. The number of hydrogen-bond acceptors (Lipinski definition) is 2. The van der Waals surface area contributed by atoms with Crippen molar-refractivity contribution >= 4 is 28.5 Å². The third kappa shape index (κ3) is 2.87. The van der Waals surface area contributed by atoms with Gasteiger partial charge in [-0.1, -0.05) is 0 Å². The normalized spacial score (nSPS) is 11.7. The van der Waals surface area contributed by atoms with E-state index in [0.29, 0.717) is 0 Å². The van der Waals surface area contributed by atoms with Crippen molar-refractivity contribution in [2.24, 2.45) is 0 Å². The fraction of sp³-hybridized carbons (Fsp3) is 0.444. The summed E-state index contributed by atoms with van der Waals surface area (Å²) in [6.45, 7) is 7.07. The monoisotopic (exact) mass is 250 g/mol. The van der Waals surface area contributed by atoms with E-state index >= 15 is 0 Å². The first-order valence-corrected chi connectivity index (χ1v) is 9.09. The molecule has 0 unspecified atom stereocenters. The van der Waals surface area contributed by atoms with Crippen LogP contribution in [0.1, 0.15) is 4.88 Å². The predicted octanol–water partition coefficient (Wildman–Crippen LogP) is 1.96. The predicted molar refractivity (Wildman–Crippen MR) is 58.4 cm³/mol. The van der Waals surface area contributed by atoms with Crippen LogP contribution in [0.5, 0.6) is 0 Å². The summed E-state index contributed by atoms with van der Waals surface area (Å²) in [6, 6.07) is 4.36. The van der Waals surface area contributed by atoms with Crippen molar-refractivity contribution in [2.45, 2.75) is 19.6 Å². The molecule has 1 aromatic rings. The van der Waals surface area contributed by atoms with Gasteiger partial charge < -0.3 is 0 Å². The minimum atomic E-state index is -1.14. The molecule has 0 atom stereocenters. The van der Waals surface area contributed by atoms with Crippen molar-refractivity contribution in [3.05, 3.63) is 17.0 Å². The number of hydrogen-bond donors (Lipinski definition) is 0. The van der Waals surface area contributed by atoms with Crippen molar-refractivity contribution in [3.8, 4) is 0 Å². The summed E-state index contributed by atoms with van der Waals surface area (Å²) in [5.74, 6) is 0. The Bertz CT molecular complexity index is 314. The zero-order valence-corrected chi connectivity index (χ0v) is 11.5. The summed E-state index contributed by atoms with van der Waals surface area (Å²) < 4.78 is 7.57. The van der Waals surface area contributed by atoms with E-state index in [-0.39, 0.29) is 0 Å². The Hall–Kier alpha value is 0.279. The molecule has 0 spiro atoms. The standard InChI is InChI=1S/C9H14OSSi.Cr/c1-10-7-8-5-6-9(11-8)12(2,3)4;/h5-6H,1-4H3;. The van der Waals surface area contributed by atoms with E-state index in [1.807, 2.05) is 11.3 Å². The van der Waals surface area contributed by atoms with Crippen LogP contribution in [0.4, 0.5) is 0 Å². The zero-order valence-electron chi connectivity index (χ0n) is 8.38. The van der Waals surface area contributed by atoms with Gasteiger partial charge in [0.1, 0.15) is 0 Å². The van der Waals surface area contributed by atoms with Gasteiger partial charge in [0, 0.05) is 0 Å². The summed E-state index contributed by atoms with van der Waals surface area (Å²) in [7, 11) is 0.559. The second-order valence-electron chi connectivity index (χ2n) is 3.91. The van der Waals surface area contributed by atoms with Gasteiger partial charge >= 0.3 is 92.8 Å². The molecule has 4 heteroatoms. The van der Waals surface area contributed by atoms with Gasteiger partial charge in [0.05, 0.1) is 0 Å². The topological polar surface area (TPSA) is 9.23 Å². The third-order valence-electron chi connectivity index (χ3n) is 1.73. The number of methoxy groups -OCH3 is 1. The van der Waals surface area contributed by atoms with Crippen LogP contribution in [-0.2, 0) is 20.6 Å². The van der Waals surface area contributed by atoms with E-state index in [9.17, 15) is 0 Å². The van der Waals surface area contributed by atoms with Crippen LogP contribution in [0.25, 0.3) is 0 Å². The van der Waals surface area contributed by atoms with Crippen molar-refractivity contribution < 1.29 is 20.6 Å². The Morgan fingerprint density at radius 1 is 1.38 bits per heavy atom. The van der Waals surface area contributed by atoms with Gasteiger partial charge in [0.2, 0.25) is 0 Å². The Labute approximate surface area is 92.7 Å². The SMILES string of the molecule is CO[C](=[Cr])c1ccc([Si](C)(C)C)s1. The van der Waals surface area contributed by atoms with Crippen LogP contribution >= 0.6 is 11.3 Å². The van der Waals surface area contributed by atoms with Gasteiger partial charge in [0.25, 0.3) is 0 Å². The van der Waals surface area contributed by atoms with E-state index in [1.54, 1.807) is 7.11 Å². The van der Waals surface area contributed by atoms with Crippen LogP contribution < -0.4 is 4.50 Å². The van der Waals surface area contributed by atoms with Crippen LogP contribution in [0.15, 0.2) is 12.1 Å². The molecule has 0 saturated heterocycles. The van der Waals surface area contributed by atoms with Crippen molar-refractivity contribution in [2.75, 3.05) is 7.11 Å². The molecule has 0 N–H and O–H groups in total. The van der Waals surface area contributed by atoms with Gasteiger partial charge in [-0.15, -0.1) is 0 Å². The summed E-state index contributed by atoms with van der Waals surface area (Å²) in [5, 5.41) is 0. The number of rotatable bonds is 3. The second-order valence-corrected chi connectivity index (χ2v) is 11.0. The molecule has 0 aliphatic rings. The maximum absolute atomic E-state index is 5.15. The Balaban J connectivity index is 2.93. The van der Waals surface area contributed by atoms with Crippen LogP contribution in [0, 0.1) is 0 Å². The van der Waals surface area contributed by atoms with Crippen molar-refractivity contribution in [1.82, 2.24) is 0 Å². The Morgan fingerprint density at radius 2 is 2.00 bits per heavy atom. The van der Waals surface area contributed by atoms with Gasteiger partial charge in [0.15, 0.2) is 0 Å². The summed E-state index contributed by atoms with van der Waals surface area (Å²) in [5.41, 5.74) is 0. The van der Waals surface area contributed by atoms with Gasteiger partial charge in [-0.25, -0.2) is 0 Å². The average molecular weight is 250 g/mol. The molecule has 13 heavy (non-hydrogen) atoms. The molecule has 0 bridgehead atoms. The molecule has 1 heterocycles. The molecule has 0 aliphatic carbocycles. The molecule has 1 aromatic heterocycles. The molecular formula is C9H14CrOSSi. The fourth-order valence-corrected chi connectivity index (χ4v) is 4.07. The van der Waals surface area contributed by atoms with Crippen LogP contribution in [0.2, 0.25) is 19.6 Å². The van der Waals surface area contributed by atoms with Gasteiger partial charge in [-0.05, 0) is 0 Å². The number of thiophene rings is 1. The first-order chi connectivity index (χ1) is 5.95. The molecule has 0 radical (unpaired) electrons. The molecule has 1 nitrogen and oxygen atoms in total. The quantitative estimate of drug-likeness (QED) is 0.745. The molecule has 0 fully saturated rings. The average Bonchev–Trinajstić information content (AvgIpc) is 2.50. The van der Waals surface area contributed by atoms with E-state index in [1.165, 1.54) is 9.38 Å². The molecular weight excluding hydrogens is 236 g/mol. The van der Waals surface area contributed by atoms with E-state index in [0.717, 1.165) is 4.57 Å². The third-order valence-corrected chi connectivity index (χ3v) is 7.23. The van der Waals surface area contributed by atoms with Crippen molar-refractivity contribution in [1.29, 1.82) is 0 Å². The first-order valence-electron chi connectivity index (χ1n) is 4.14. The van der Waals surface area contributed by atoms with E-state index in [4.69, 9.17) is 4.74 Å². The molecule has 72 valence electrons. The molecule has 1 rings (SSSR count). The Kier molecular flexibility index (Phi) is 3.67. The molecule has 0 amide bonds. The van der Waals surface area contributed by atoms with Crippen LogP contribution in [0.3, 0.4) is 0 Å². The van der Waals surface area contributed by atoms with Gasteiger partial charge in [-0.3, -0.25) is 0 Å². The maximum atomic E-state index is 5.15. The van der Waals surface area contributed by atoms with Crippen molar-refractivity contribution in [3.63, 3.8) is 0 Å². The van der Waals surface area contributed by atoms with Crippen LogP contribution in [-0.4, -0.2) is 19.7 Å². The van der Waals surface area contributed by atoms with E-state index < -0.39 is 8.07 Å². The summed E-state index contributed by atoms with van der Waals surface area (Å²) in [4.78, 5) is 1.21. The Morgan fingerprint density at radius 3 is 2.38 bits per heavy atom. The molecule has 0 aliphatic heterocycles. The minimum absolute atomic E-state index is 0.898. The molecule has 0 aromatic carbocycles. The molecule has 0 saturated carbocycles. The number of ether oxygens (including phenoxy) is 1. The zero-order chi connectivity index (χ0) is 10.1.